The second kappa shape index (κ2) is 3.28. The Kier molecular flexibility index (Phi) is 2.14. The third kappa shape index (κ3) is 1.74. The molecule has 4 heteroatoms. The van der Waals surface area contributed by atoms with Gasteiger partial charge in [0.15, 0.2) is 0 Å². The Morgan fingerprint density at radius 3 is 2.64 bits per heavy atom. The van der Waals surface area contributed by atoms with Crippen molar-refractivity contribution >= 4 is 0 Å². The average Bonchev–Trinajstić information content (AvgIpc) is 2.07. The molecule has 0 radical (unpaired) electrons. The Labute approximate surface area is 64.0 Å². The summed E-state index contributed by atoms with van der Waals surface area (Å²) in [6.07, 6.45) is 2.82. The van der Waals surface area contributed by atoms with Crippen LogP contribution in [0.4, 0.5) is 0 Å². The number of rotatable bonds is 1. The quantitative estimate of drug-likeness (QED) is 0.547. The summed E-state index contributed by atoms with van der Waals surface area (Å²) in [5.74, 6) is 0.457. The van der Waals surface area contributed by atoms with Crippen LogP contribution in [-0.2, 0) is 6.54 Å². The first-order chi connectivity index (χ1) is 5.36. The third-order valence-corrected chi connectivity index (χ3v) is 1.05. The standard InChI is InChI=1S/C7H4N4/c1-9-5-7-10-3-6(2-8)4-11-7/h3-4H,5H2. The lowest BCUT2D eigenvalue weighted by Crippen LogP contribution is -1.91. The first-order valence-corrected chi connectivity index (χ1v) is 2.91. The molecule has 1 aromatic heterocycles. The van der Waals surface area contributed by atoms with Crippen molar-refractivity contribution in [3.63, 3.8) is 0 Å². The molecule has 0 spiro atoms. The zero-order valence-corrected chi connectivity index (χ0v) is 5.65. The molecule has 0 saturated heterocycles. The van der Waals surface area contributed by atoms with Gasteiger partial charge in [-0.25, -0.2) is 16.5 Å². The highest BCUT2D eigenvalue weighted by atomic mass is 14.9. The Hall–Kier alpha value is -1.94. The molecular weight excluding hydrogens is 140 g/mol. The van der Waals surface area contributed by atoms with Gasteiger partial charge in [-0.3, -0.25) is 0 Å². The van der Waals surface area contributed by atoms with Gasteiger partial charge in [0.25, 0.3) is 6.54 Å². The van der Waals surface area contributed by atoms with Crippen molar-refractivity contribution < 1.29 is 0 Å². The van der Waals surface area contributed by atoms with Crippen molar-refractivity contribution in [3.8, 4) is 6.07 Å². The SMILES string of the molecule is [C-]#[N+]Cc1ncc(C#N)cn1. The molecule has 0 atom stereocenters. The molecule has 52 valence electrons. The highest BCUT2D eigenvalue weighted by molar-refractivity contribution is 5.21. The molecule has 0 aliphatic rings. The van der Waals surface area contributed by atoms with Gasteiger partial charge in [0.05, 0.1) is 5.56 Å². The highest BCUT2D eigenvalue weighted by Gasteiger charge is 1.97. The van der Waals surface area contributed by atoms with Crippen LogP contribution < -0.4 is 0 Å². The maximum absolute atomic E-state index is 8.37. The van der Waals surface area contributed by atoms with Crippen LogP contribution in [0.2, 0.25) is 0 Å². The van der Waals surface area contributed by atoms with Gasteiger partial charge in [0.1, 0.15) is 6.07 Å². The van der Waals surface area contributed by atoms with Gasteiger partial charge < -0.3 is 4.85 Å². The van der Waals surface area contributed by atoms with Crippen molar-refractivity contribution in [2.45, 2.75) is 6.54 Å². The molecule has 0 bridgehead atoms. The Balaban J connectivity index is 2.87. The normalized spacial score (nSPS) is 8.18. The van der Waals surface area contributed by atoms with Gasteiger partial charge >= 0.3 is 0 Å². The van der Waals surface area contributed by atoms with Crippen LogP contribution in [0.3, 0.4) is 0 Å². The van der Waals surface area contributed by atoms with E-state index in [2.05, 4.69) is 14.8 Å². The number of nitrogens with zero attached hydrogens (tertiary/aromatic N) is 4. The van der Waals surface area contributed by atoms with Gasteiger partial charge in [-0.15, -0.1) is 0 Å². The molecule has 0 saturated carbocycles. The van der Waals surface area contributed by atoms with Crippen LogP contribution >= 0.6 is 0 Å². The first-order valence-electron chi connectivity index (χ1n) is 2.91. The second-order valence-electron chi connectivity index (χ2n) is 1.82. The molecule has 0 unspecified atom stereocenters. The van der Waals surface area contributed by atoms with E-state index in [1.54, 1.807) is 0 Å². The lowest BCUT2D eigenvalue weighted by molar-refractivity contribution is 0.981. The van der Waals surface area contributed by atoms with E-state index in [0.717, 1.165) is 0 Å². The fraction of sp³-hybridized carbons (Fsp3) is 0.143. The minimum Gasteiger partial charge on any atom is -0.308 e. The number of hydrogen-bond donors (Lipinski definition) is 0. The predicted octanol–water partition coefficient (Wildman–Crippen LogP) is 0.768. The molecular formula is C7H4N4. The fourth-order valence-corrected chi connectivity index (χ4v) is 0.565. The van der Waals surface area contributed by atoms with E-state index in [4.69, 9.17) is 11.8 Å². The predicted molar refractivity (Wildman–Crippen MR) is 37.1 cm³/mol. The molecule has 0 fully saturated rings. The monoisotopic (exact) mass is 144 g/mol. The van der Waals surface area contributed by atoms with Gasteiger partial charge in [-0.05, 0) is 0 Å². The third-order valence-electron chi connectivity index (χ3n) is 1.05. The minimum atomic E-state index is 0.172. The molecule has 0 aliphatic carbocycles. The molecule has 4 nitrogen and oxygen atoms in total. The van der Waals surface area contributed by atoms with Gasteiger partial charge in [0, 0.05) is 12.4 Å². The van der Waals surface area contributed by atoms with Crippen LogP contribution in [0.1, 0.15) is 11.4 Å². The topological polar surface area (TPSA) is 53.9 Å². The van der Waals surface area contributed by atoms with E-state index in [-0.39, 0.29) is 6.54 Å². The number of aromatic nitrogens is 2. The van der Waals surface area contributed by atoms with Crippen molar-refractivity contribution in [2.75, 3.05) is 0 Å². The average molecular weight is 144 g/mol. The lowest BCUT2D eigenvalue weighted by Gasteiger charge is -1.88. The van der Waals surface area contributed by atoms with Gasteiger partial charge in [0.2, 0.25) is 5.82 Å². The second-order valence-corrected chi connectivity index (χ2v) is 1.82. The molecule has 0 N–H and O–H groups in total. The zero-order chi connectivity index (χ0) is 8.10. The van der Waals surface area contributed by atoms with E-state index in [0.29, 0.717) is 11.4 Å². The van der Waals surface area contributed by atoms with Gasteiger partial charge in [-0.2, -0.15) is 5.26 Å². The van der Waals surface area contributed by atoms with Crippen molar-refractivity contribution in [1.82, 2.24) is 9.97 Å². The highest BCUT2D eigenvalue weighted by Crippen LogP contribution is 1.94. The van der Waals surface area contributed by atoms with E-state index in [1.807, 2.05) is 6.07 Å². The van der Waals surface area contributed by atoms with Crippen LogP contribution in [0.25, 0.3) is 4.85 Å². The van der Waals surface area contributed by atoms with E-state index >= 15 is 0 Å². The van der Waals surface area contributed by atoms with Crippen LogP contribution in [0.5, 0.6) is 0 Å². The Bertz CT molecular complexity index is 314. The molecule has 11 heavy (non-hydrogen) atoms. The van der Waals surface area contributed by atoms with Crippen molar-refractivity contribution in [3.05, 3.63) is 35.2 Å². The summed E-state index contributed by atoms with van der Waals surface area (Å²) in [5, 5.41) is 8.37. The summed E-state index contributed by atoms with van der Waals surface area (Å²) in [7, 11) is 0. The minimum absolute atomic E-state index is 0.172. The number of nitriles is 1. The van der Waals surface area contributed by atoms with E-state index in [9.17, 15) is 0 Å². The summed E-state index contributed by atoms with van der Waals surface area (Å²) in [5.41, 5.74) is 0.415. The fourth-order valence-electron chi connectivity index (χ4n) is 0.565. The Morgan fingerprint density at radius 1 is 1.55 bits per heavy atom. The molecule has 1 aromatic rings. The molecule has 0 aromatic carbocycles. The largest absolute Gasteiger partial charge is 0.308 e. The summed E-state index contributed by atoms with van der Waals surface area (Å²) in [6.45, 7) is 6.69. The smallest absolute Gasteiger partial charge is 0.273 e. The lowest BCUT2D eigenvalue weighted by atomic mass is 10.4. The maximum atomic E-state index is 8.37. The van der Waals surface area contributed by atoms with E-state index < -0.39 is 0 Å². The molecule has 1 heterocycles. The number of hydrogen-bond acceptors (Lipinski definition) is 3. The van der Waals surface area contributed by atoms with Crippen molar-refractivity contribution in [2.24, 2.45) is 0 Å². The summed E-state index contributed by atoms with van der Waals surface area (Å²) < 4.78 is 0. The zero-order valence-electron chi connectivity index (χ0n) is 5.65. The molecule has 0 aliphatic heterocycles. The Morgan fingerprint density at radius 2 is 2.18 bits per heavy atom. The summed E-state index contributed by atoms with van der Waals surface area (Å²) in [4.78, 5) is 10.7. The van der Waals surface area contributed by atoms with E-state index in [1.165, 1.54) is 12.4 Å². The van der Waals surface area contributed by atoms with Gasteiger partial charge in [-0.1, -0.05) is 0 Å². The maximum Gasteiger partial charge on any atom is 0.273 e. The van der Waals surface area contributed by atoms with Crippen LogP contribution in [0.15, 0.2) is 12.4 Å². The summed E-state index contributed by atoms with van der Waals surface area (Å²) in [6, 6.07) is 1.89. The molecule has 1 rings (SSSR count). The first kappa shape index (κ1) is 7.17. The summed E-state index contributed by atoms with van der Waals surface area (Å²) >= 11 is 0. The molecule has 0 amide bonds. The van der Waals surface area contributed by atoms with Crippen LogP contribution in [0, 0.1) is 17.9 Å². The van der Waals surface area contributed by atoms with Crippen LogP contribution in [-0.4, -0.2) is 9.97 Å². The van der Waals surface area contributed by atoms with Crippen molar-refractivity contribution in [1.29, 1.82) is 5.26 Å².